The van der Waals surface area contributed by atoms with Gasteiger partial charge in [-0.05, 0) is 55.5 Å². The van der Waals surface area contributed by atoms with Crippen LogP contribution in [0.5, 0.6) is 0 Å². The van der Waals surface area contributed by atoms with E-state index in [1.165, 1.54) is 10.0 Å². The second-order valence-electron chi connectivity index (χ2n) is 14.0. The number of nitrogens with zero attached hydrogens (tertiary/aromatic N) is 5. The Labute approximate surface area is 308 Å². The summed E-state index contributed by atoms with van der Waals surface area (Å²) < 4.78 is 0. The van der Waals surface area contributed by atoms with Gasteiger partial charge in [-0.25, -0.2) is 9.80 Å². The first-order valence-corrected chi connectivity index (χ1v) is 19.4. The molecule has 6 rings (SSSR count). The van der Waals surface area contributed by atoms with Crippen LogP contribution in [0.3, 0.4) is 0 Å². The molecule has 1 aromatic heterocycles. The first-order chi connectivity index (χ1) is 25.2. The molecule has 1 aromatic carbocycles. The lowest BCUT2D eigenvalue weighted by Gasteiger charge is -2.43. The van der Waals surface area contributed by atoms with E-state index >= 15 is 0 Å². The molecule has 0 aliphatic carbocycles. The van der Waals surface area contributed by atoms with Gasteiger partial charge in [-0.3, -0.25) is 38.8 Å². The summed E-state index contributed by atoms with van der Waals surface area (Å²) in [5, 5.41) is 13.1. The molecule has 280 valence electrons. The Morgan fingerprint density at radius 3 is 2.27 bits per heavy atom. The standard InChI is InChI=1S/C37H50N8O6S/c46-28(25-41-19-21-42(22-20-41)26-34(48)43-16-4-5-17-43)24-31(27-8-2-1-3-9-27)39-35(49)32-11-6-18-44-33(47)13-12-30(36(50)45(32)44)40-37(51)38-15-14-29-10-7-23-52-29/h1-3,7-10,23,30-32H,4-6,11-22,24-26H2,(H,39,49)(H2,38,40,51)/t30?,31?,32-/m0/s1. The largest absolute Gasteiger partial charge is 0.347 e. The van der Waals surface area contributed by atoms with Crippen LogP contribution in [0.25, 0.3) is 0 Å². The summed E-state index contributed by atoms with van der Waals surface area (Å²) >= 11 is 1.60. The van der Waals surface area contributed by atoms with E-state index in [2.05, 4.69) is 25.8 Å². The lowest BCUT2D eigenvalue weighted by molar-refractivity contribution is -0.176. The summed E-state index contributed by atoms with van der Waals surface area (Å²) in [5.41, 5.74) is 0.763. The molecular weight excluding hydrogens is 685 g/mol. The number of thiophene rings is 1. The molecule has 0 radical (unpaired) electrons. The number of hydrogen-bond donors (Lipinski definition) is 3. The first-order valence-electron chi connectivity index (χ1n) is 18.5. The average molecular weight is 735 g/mol. The number of carbonyl (C=O) groups excluding carboxylic acids is 6. The summed E-state index contributed by atoms with van der Waals surface area (Å²) in [6.07, 6.45) is 3.89. The van der Waals surface area contributed by atoms with E-state index in [1.807, 2.05) is 52.7 Å². The second kappa shape index (κ2) is 17.9. The number of likely N-dealkylation sites (tertiary alicyclic amines) is 1. The van der Waals surface area contributed by atoms with E-state index in [1.54, 1.807) is 11.3 Å². The maximum Gasteiger partial charge on any atom is 0.315 e. The zero-order valence-electron chi connectivity index (χ0n) is 29.7. The van der Waals surface area contributed by atoms with Crippen LogP contribution in [-0.4, -0.2) is 138 Å². The van der Waals surface area contributed by atoms with Crippen molar-refractivity contribution in [3.8, 4) is 0 Å². The number of urea groups is 1. The molecule has 15 heteroatoms. The zero-order valence-corrected chi connectivity index (χ0v) is 30.5. The minimum Gasteiger partial charge on any atom is -0.347 e. The molecule has 6 amide bonds. The quantitative estimate of drug-likeness (QED) is 0.280. The second-order valence-corrected chi connectivity index (χ2v) is 15.1. The highest BCUT2D eigenvalue weighted by Gasteiger charge is 2.45. The maximum absolute atomic E-state index is 14.1. The van der Waals surface area contributed by atoms with Crippen LogP contribution >= 0.6 is 11.3 Å². The number of nitrogens with one attached hydrogen (secondary N) is 3. The number of fused-ring (bicyclic) bond motifs is 1. The topological polar surface area (TPSA) is 155 Å². The highest BCUT2D eigenvalue weighted by Crippen LogP contribution is 2.27. The minimum absolute atomic E-state index is 0.0311. The molecule has 3 N–H and O–H groups in total. The van der Waals surface area contributed by atoms with Gasteiger partial charge in [0.2, 0.25) is 17.7 Å². The van der Waals surface area contributed by atoms with Crippen molar-refractivity contribution in [3.63, 3.8) is 0 Å². The van der Waals surface area contributed by atoms with Crippen molar-refractivity contribution < 1.29 is 28.8 Å². The predicted molar refractivity (Wildman–Crippen MR) is 195 cm³/mol. The molecule has 0 bridgehead atoms. The van der Waals surface area contributed by atoms with Gasteiger partial charge >= 0.3 is 6.03 Å². The fourth-order valence-electron chi connectivity index (χ4n) is 7.48. The van der Waals surface area contributed by atoms with Crippen LogP contribution < -0.4 is 16.0 Å². The number of Topliss-reactive ketones (excluding diaryl/α,β-unsaturated/α-hetero) is 1. The van der Waals surface area contributed by atoms with Gasteiger partial charge in [0.1, 0.15) is 17.9 Å². The smallest absolute Gasteiger partial charge is 0.315 e. The summed E-state index contributed by atoms with van der Waals surface area (Å²) in [5.74, 6) is -1.09. The summed E-state index contributed by atoms with van der Waals surface area (Å²) in [6, 6.07) is 10.1. The Hall–Kier alpha value is -4.34. The predicted octanol–water partition coefficient (Wildman–Crippen LogP) is 1.54. The highest BCUT2D eigenvalue weighted by atomic mass is 32.1. The van der Waals surface area contributed by atoms with Crippen LogP contribution in [0.2, 0.25) is 0 Å². The number of hydrazine groups is 1. The van der Waals surface area contributed by atoms with Crippen molar-refractivity contribution in [1.82, 2.24) is 40.7 Å². The van der Waals surface area contributed by atoms with Gasteiger partial charge in [0.25, 0.3) is 5.91 Å². The summed E-state index contributed by atoms with van der Waals surface area (Å²) in [6.45, 7) is 5.77. The van der Waals surface area contributed by atoms with Crippen molar-refractivity contribution in [1.29, 1.82) is 0 Å². The molecule has 4 saturated heterocycles. The van der Waals surface area contributed by atoms with Crippen LogP contribution in [0.4, 0.5) is 4.79 Å². The number of benzene rings is 1. The molecule has 14 nitrogen and oxygen atoms in total. The Morgan fingerprint density at radius 1 is 0.827 bits per heavy atom. The van der Waals surface area contributed by atoms with E-state index in [-0.39, 0.29) is 43.4 Å². The SMILES string of the molecule is O=C(CC(NC(=O)[C@@H]1CCCN2C(=O)CCC(NC(=O)NCCc3cccs3)C(=O)N12)c1ccccc1)CN1CCN(CC(=O)N2CCCC2)CC1. The number of piperazine rings is 1. The van der Waals surface area contributed by atoms with Crippen LogP contribution in [0, 0.1) is 0 Å². The molecular formula is C37H50N8O6S. The summed E-state index contributed by atoms with van der Waals surface area (Å²) in [4.78, 5) is 87.5. The van der Waals surface area contributed by atoms with E-state index < -0.39 is 36.0 Å². The fourth-order valence-corrected chi connectivity index (χ4v) is 8.19. The zero-order chi connectivity index (χ0) is 36.5. The molecule has 2 aromatic rings. The van der Waals surface area contributed by atoms with Crippen molar-refractivity contribution >= 4 is 46.8 Å². The Morgan fingerprint density at radius 2 is 1.56 bits per heavy atom. The molecule has 52 heavy (non-hydrogen) atoms. The van der Waals surface area contributed by atoms with Gasteiger partial charge < -0.3 is 20.9 Å². The first kappa shape index (κ1) is 37.4. The van der Waals surface area contributed by atoms with E-state index in [9.17, 15) is 28.8 Å². The monoisotopic (exact) mass is 734 g/mol. The van der Waals surface area contributed by atoms with Gasteiger partial charge in [0.05, 0.1) is 19.1 Å². The van der Waals surface area contributed by atoms with E-state index in [0.717, 1.165) is 36.4 Å². The van der Waals surface area contributed by atoms with Gasteiger partial charge in [0.15, 0.2) is 0 Å². The Bertz CT molecular complexity index is 1560. The van der Waals surface area contributed by atoms with Crippen LogP contribution in [0.15, 0.2) is 47.8 Å². The molecule has 4 fully saturated rings. The molecule has 2 unspecified atom stereocenters. The molecule has 3 atom stereocenters. The van der Waals surface area contributed by atoms with E-state index in [0.29, 0.717) is 65.1 Å². The number of carbonyl (C=O) groups is 6. The maximum atomic E-state index is 14.1. The average Bonchev–Trinajstić information content (AvgIpc) is 3.87. The molecule has 0 spiro atoms. The molecule has 4 aliphatic heterocycles. The molecule has 5 heterocycles. The van der Waals surface area contributed by atoms with Crippen molar-refractivity contribution in [2.45, 2.75) is 69.5 Å². The van der Waals surface area contributed by atoms with Gasteiger partial charge in [0, 0.05) is 70.1 Å². The molecule has 0 saturated carbocycles. The number of rotatable bonds is 13. The third-order valence-electron chi connectivity index (χ3n) is 10.3. The Balaban J connectivity index is 1.06. The fraction of sp³-hybridized carbons (Fsp3) is 0.568. The third-order valence-corrected chi connectivity index (χ3v) is 11.3. The lowest BCUT2D eigenvalue weighted by atomic mass is 9.99. The normalized spacial score (nSPS) is 22.0. The summed E-state index contributed by atoms with van der Waals surface area (Å²) in [7, 11) is 0. The third kappa shape index (κ3) is 9.75. The van der Waals surface area contributed by atoms with E-state index in [4.69, 9.17) is 0 Å². The minimum atomic E-state index is -0.979. The number of hydrogen-bond acceptors (Lipinski definition) is 9. The molecule has 4 aliphatic rings. The van der Waals surface area contributed by atoms with Crippen LogP contribution in [0.1, 0.15) is 61.4 Å². The van der Waals surface area contributed by atoms with Crippen molar-refractivity contribution in [2.24, 2.45) is 0 Å². The number of amides is 6. The number of ketones is 1. The highest BCUT2D eigenvalue weighted by molar-refractivity contribution is 7.09. The van der Waals surface area contributed by atoms with Crippen molar-refractivity contribution in [2.75, 3.05) is 65.4 Å². The van der Waals surface area contributed by atoms with Crippen LogP contribution in [-0.2, 0) is 30.4 Å². The van der Waals surface area contributed by atoms with Gasteiger partial charge in [-0.1, -0.05) is 36.4 Å². The Kier molecular flexibility index (Phi) is 12.9. The van der Waals surface area contributed by atoms with Gasteiger partial charge in [-0.2, -0.15) is 0 Å². The van der Waals surface area contributed by atoms with Crippen molar-refractivity contribution in [3.05, 3.63) is 58.3 Å². The lowest BCUT2D eigenvalue weighted by Crippen LogP contribution is -2.64. The van der Waals surface area contributed by atoms with Gasteiger partial charge in [-0.15, -0.1) is 11.3 Å².